The van der Waals surface area contributed by atoms with Crippen molar-refractivity contribution in [1.29, 1.82) is 0 Å². The maximum Gasteiger partial charge on any atom is 0.0432 e. The number of hydrogen-bond donors (Lipinski definition) is 1. The fourth-order valence-electron chi connectivity index (χ4n) is 3.69. The molecule has 2 nitrogen and oxygen atoms in total. The van der Waals surface area contributed by atoms with Gasteiger partial charge >= 0.3 is 0 Å². The summed E-state index contributed by atoms with van der Waals surface area (Å²) in [6, 6.07) is 21.6. The fraction of sp³-hybridized carbons (Fsp3) is 0.400. The number of nitrogens with two attached hydrogens (primary N) is 1. The van der Waals surface area contributed by atoms with Gasteiger partial charge in [0.25, 0.3) is 0 Å². The molecular formula is C20H26N2. The molecule has 22 heavy (non-hydrogen) atoms. The third-order valence-electron chi connectivity index (χ3n) is 4.90. The number of hydrogen-bond acceptors (Lipinski definition) is 2. The molecule has 0 atom stereocenters. The summed E-state index contributed by atoms with van der Waals surface area (Å²) in [5.41, 5.74) is 2.81. The van der Waals surface area contributed by atoms with Crippen molar-refractivity contribution < 1.29 is 0 Å². The van der Waals surface area contributed by atoms with Crippen LogP contribution in [0.2, 0.25) is 0 Å². The zero-order valence-electron chi connectivity index (χ0n) is 13.2. The van der Waals surface area contributed by atoms with Crippen molar-refractivity contribution in [3.05, 3.63) is 71.8 Å². The molecule has 3 rings (SSSR count). The first-order chi connectivity index (χ1) is 10.8. The predicted molar refractivity (Wildman–Crippen MR) is 92.4 cm³/mol. The highest BCUT2D eigenvalue weighted by Gasteiger charge is 2.36. The highest BCUT2D eigenvalue weighted by molar-refractivity contribution is 5.23. The Morgan fingerprint density at radius 2 is 1.32 bits per heavy atom. The van der Waals surface area contributed by atoms with Gasteiger partial charge in [-0.2, -0.15) is 0 Å². The van der Waals surface area contributed by atoms with Gasteiger partial charge in [-0.1, -0.05) is 73.5 Å². The maximum absolute atomic E-state index is 6.54. The van der Waals surface area contributed by atoms with Crippen LogP contribution in [0.15, 0.2) is 60.7 Å². The Balaban J connectivity index is 1.90. The van der Waals surface area contributed by atoms with Crippen LogP contribution in [0, 0.1) is 0 Å². The molecule has 0 amide bonds. The molecule has 2 aromatic rings. The third kappa shape index (κ3) is 3.57. The molecule has 0 bridgehead atoms. The number of benzene rings is 2. The van der Waals surface area contributed by atoms with E-state index in [4.69, 9.17) is 5.84 Å². The Kier molecular flexibility index (Phi) is 4.91. The second kappa shape index (κ2) is 7.08. The predicted octanol–water partition coefficient (Wildman–Crippen LogP) is 3.96. The highest BCUT2D eigenvalue weighted by atomic mass is 15.4. The third-order valence-corrected chi connectivity index (χ3v) is 4.90. The van der Waals surface area contributed by atoms with Gasteiger partial charge in [0, 0.05) is 12.1 Å². The van der Waals surface area contributed by atoms with E-state index in [1.54, 1.807) is 0 Å². The molecule has 2 aromatic carbocycles. The summed E-state index contributed by atoms with van der Waals surface area (Å²) < 4.78 is 0. The summed E-state index contributed by atoms with van der Waals surface area (Å²) in [4.78, 5) is 0. The monoisotopic (exact) mass is 294 g/mol. The molecule has 1 saturated heterocycles. The summed E-state index contributed by atoms with van der Waals surface area (Å²) in [6.45, 7) is 1.000. The van der Waals surface area contributed by atoms with E-state index in [0.29, 0.717) is 0 Å². The van der Waals surface area contributed by atoms with E-state index in [9.17, 15) is 0 Å². The molecule has 2 N–H and O–H groups in total. The van der Waals surface area contributed by atoms with Crippen molar-refractivity contribution in [2.45, 2.75) is 44.1 Å². The van der Waals surface area contributed by atoms with Crippen LogP contribution < -0.4 is 5.84 Å². The van der Waals surface area contributed by atoms with Gasteiger partial charge in [-0.15, -0.1) is 0 Å². The first-order valence-corrected chi connectivity index (χ1v) is 8.39. The van der Waals surface area contributed by atoms with Crippen molar-refractivity contribution in [2.75, 3.05) is 6.54 Å². The molecule has 116 valence electrons. The van der Waals surface area contributed by atoms with Crippen LogP contribution in [-0.4, -0.2) is 17.1 Å². The molecule has 1 fully saturated rings. The lowest BCUT2D eigenvalue weighted by atomic mass is 9.80. The van der Waals surface area contributed by atoms with Crippen LogP contribution in [0.1, 0.15) is 36.8 Å². The minimum absolute atomic E-state index is 0.0409. The molecule has 2 heteroatoms. The van der Waals surface area contributed by atoms with Gasteiger partial charge < -0.3 is 0 Å². The molecule has 0 aromatic heterocycles. The normalized spacial score (nSPS) is 18.8. The van der Waals surface area contributed by atoms with Crippen molar-refractivity contribution >= 4 is 0 Å². The standard InChI is InChI=1S/C20H26N2/c21-22-15-9-3-8-14-20(22,16-18-10-4-1-5-11-18)17-19-12-6-2-7-13-19/h1-2,4-7,10-13H,3,8-9,14-17,21H2. The second-order valence-electron chi connectivity index (χ2n) is 6.55. The zero-order chi connectivity index (χ0) is 15.3. The Labute approximate surface area is 133 Å². The average molecular weight is 294 g/mol. The minimum Gasteiger partial charge on any atom is -0.268 e. The molecule has 1 heterocycles. The average Bonchev–Trinajstić information content (AvgIpc) is 2.72. The summed E-state index contributed by atoms with van der Waals surface area (Å²) in [5.74, 6) is 6.54. The van der Waals surface area contributed by atoms with Crippen LogP contribution in [0.4, 0.5) is 0 Å². The molecular weight excluding hydrogens is 268 g/mol. The molecule has 0 aliphatic carbocycles. The Hall–Kier alpha value is -1.64. The minimum atomic E-state index is 0.0409. The van der Waals surface area contributed by atoms with Crippen molar-refractivity contribution in [1.82, 2.24) is 5.01 Å². The number of nitrogens with zero attached hydrogens (tertiary/aromatic N) is 1. The molecule has 0 saturated carbocycles. The second-order valence-corrected chi connectivity index (χ2v) is 6.55. The zero-order valence-corrected chi connectivity index (χ0v) is 13.2. The van der Waals surface area contributed by atoms with Crippen LogP contribution in [0.25, 0.3) is 0 Å². The van der Waals surface area contributed by atoms with Gasteiger partial charge in [0.15, 0.2) is 0 Å². The maximum atomic E-state index is 6.54. The van der Waals surface area contributed by atoms with Crippen LogP contribution in [0.5, 0.6) is 0 Å². The Bertz CT molecular complexity index is 523. The summed E-state index contributed by atoms with van der Waals surface area (Å²) in [7, 11) is 0. The topological polar surface area (TPSA) is 29.3 Å². The van der Waals surface area contributed by atoms with Gasteiger partial charge in [-0.25, -0.2) is 5.01 Å². The van der Waals surface area contributed by atoms with E-state index >= 15 is 0 Å². The van der Waals surface area contributed by atoms with Crippen LogP contribution in [0.3, 0.4) is 0 Å². The molecule has 0 spiro atoms. The van der Waals surface area contributed by atoms with Gasteiger partial charge in [-0.3, -0.25) is 5.84 Å². The summed E-state index contributed by atoms with van der Waals surface area (Å²) in [6.07, 6.45) is 7.00. The fourth-order valence-corrected chi connectivity index (χ4v) is 3.69. The number of hydrazine groups is 1. The van der Waals surface area contributed by atoms with E-state index in [-0.39, 0.29) is 5.54 Å². The summed E-state index contributed by atoms with van der Waals surface area (Å²) in [5, 5.41) is 2.14. The molecule has 1 aliphatic heterocycles. The van der Waals surface area contributed by atoms with Crippen LogP contribution >= 0.6 is 0 Å². The van der Waals surface area contributed by atoms with Crippen molar-refractivity contribution in [3.63, 3.8) is 0 Å². The lowest BCUT2D eigenvalue weighted by Crippen LogP contribution is -2.55. The first kappa shape index (κ1) is 15.3. The van der Waals surface area contributed by atoms with Gasteiger partial charge in [-0.05, 0) is 36.8 Å². The summed E-state index contributed by atoms with van der Waals surface area (Å²) >= 11 is 0. The van der Waals surface area contributed by atoms with Crippen molar-refractivity contribution in [3.8, 4) is 0 Å². The van der Waals surface area contributed by atoms with E-state index in [0.717, 1.165) is 19.4 Å². The molecule has 0 radical (unpaired) electrons. The van der Waals surface area contributed by atoms with Gasteiger partial charge in [0.2, 0.25) is 0 Å². The van der Waals surface area contributed by atoms with E-state index in [1.807, 2.05) is 0 Å². The first-order valence-electron chi connectivity index (χ1n) is 8.39. The largest absolute Gasteiger partial charge is 0.268 e. The Morgan fingerprint density at radius 1 is 0.773 bits per heavy atom. The SMILES string of the molecule is NN1CCCCCC1(Cc1ccccc1)Cc1ccccc1. The Morgan fingerprint density at radius 3 is 1.86 bits per heavy atom. The van der Waals surface area contributed by atoms with Crippen LogP contribution in [-0.2, 0) is 12.8 Å². The molecule has 0 unspecified atom stereocenters. The smallest absolute Gasteiger partial charge is 0.0432 e. The molecule has 1 aliphatic rings. The van der Waals surface area contributed by atoms with Crippen molar-refractivity contribution in [2.24, 2.45) is 5.84 Å². The van der Waals surface area contributed by atoms with E-state index < -0.39 is 0 Å². The van der Waals surface area contributed by atoms with E-state index in [1.165, 1.54) is 36.8 Å². The highest BCUT2D eigenvalue weighted by Crippen LogP contribution is 2.32. The van der Waals surface area contributed by atoms with Gasteiger partial charge in [0.1, 0.15) is 0 Å². The van der Waals surface area contributed by atoms with E-state index in [2.05, 4.69) is 65.7 Å². The lowest BCUT2D eigenvalue weighted by Gasteiger charge is -2.41. The quantitative estimate of drug-likeness (QED) is 0.865. The lowest BCUT2D eigenvalue weighted by molar-refractivity contribution is 0.0876. The van der Waals surface area contributed by atoms with Gasteiger partial charge in [0.05, 0.1) is 0 Å². The number of rotatable bonds is 4.